The normalized spacial score (nSPS) is 40.1. The fourth-order valence-corrected chi connectivity index (χ4v) is 3.31. The van der Waals surface area contributed by atoms with Crippen molar-refractivity contribution in [2.75, 3.05) is 13.2 Å². The molecule has 1 saturated carbocycles. The van der Waals surface area contributed by atoms with Crippen molar-refractivity contribution in [1.82, 2.24) is 5.32 Å². The lowest BCUT2D eigenvalue weighted by molar-refractivity contribution is 0.0988. The molecule has 0 radical (unpaired) electrons. The van der Waals surface area contributed by atoms with Gasteiger partial charge in [-0.25, -0.2) is 0 Å². The Balaban J connectivity index is 1.74. The molecule has 1 saturated heterocycles. The molecule has 2 aliphatic rings. The van der Waals surface area contributed by atoms with Gasteiger partial charge in [-0.1, -0.05) is 20.3 Å². The van der Waals surface area contributed by atoms with Gasteiger partial charge in [0.1, 0.15) is 0 Å². The second-order valence-electron chi connectivity index (χ2n) is 5.74. The standard InChI is InChI=1S/C14H27NO/c1-3-12-9-11(2)6-7-14(12)15-10-13-5-4-8-16-13/h11-15H,3-10H2,1-2H3. The predicted molar refractivity (Wildman–Crippen MR) is 67.6 cm³/mol. The number of hydrogen-bond acceptors (Lipinski definition) is 2. The molecule has 2 heteroatoms. The average molecular weight is 225 g/mol. The Kier molecular flexibility index (Phi) is 4.66. The number of nitrogens with one attached hydrogen (secondary N) is 1. The van der Waals surface area contributed by atoms with Crippen molar-refractivity contribution in [1.29, 1.82) is 0 Å². The minimum absolute atomic E-state index is 0.497. The molecule has 4 unspecified atom stereocenters. The van der Waals surface area contributed by atoms with Gasteiger partial charge >= 0.3 is 0 Å². The summed E-state index contributed by atoms with van der Waals surface area (Å²) in [6, 6.07) is 0.755. The molecule has 94 valence electrons. The molecule has 0 amide bonds. The third kappa shape index (κ3) is 3.21. The largest absolute Gasteiger partial charge is 0.377 e. The summed E-state index contributed by atoms with van der Waals surface area (Å²) in [6.07, 6.45) is 8.52. The van der Waals surface area contributed by atoms with Crippen LogP contribution in [0.2, 0.25) is 0 Å². The quantitative estimate of drug-likeness (QED) is 0.794. The van der Waals surface area contributed by atoms with E-state index >= 15 is 0 Å². The van der Waals surface area contributed by atoms with Crippen LogP contribution in [0.1, 0.15) is 52.4 Å². The van der Waals surface area contributed by atoms with E-state index in [0.717, 1.165) is 31.0 Å². The highest BCUT2D eigenvalue weighted by Crippen LogP contribution is 2.31. The van der Waals surface area contributed by atoms with Crippen molar-refractivity contribution in [3.05, 3.63) is 0 Å². The van der Waals surface area contributed by atoms with Gasteiger partial charge in [0.25, 0.3) is 0 Å². The molecule has 16 heavy (non-hydrogen) atoms. The van der Waals surface area contributed by atoms with Gasteiger partial charge in [0, 0.05) is 19.2 Å². The summed E-state index contributed by atoms with van der Waals surface area (Å²) >= 11 is 0. The lowest BCUT2D eigenvalue weighted by Crippen LogP contribution is -2.43. The maximum Gasteiger partial charge on any atom is 0.0700 e. The van der Waals surface area contributed by atoms with E-state index in [1.807, 2.05) is 0 Å². The zero-order chi connectivity index (χ0) is 11.4. The zero-order valence-corrected chi connectivity index (χ0v) is 10.9. The molecule has 4 atom stereocenters. The summed E-state index contributed by atoms with van der Waals surface area (Å²) in [5.74, 6) is 1.83. The van der Waals surface area contributed by atoms with Crippen LogP contribution in [0.5, 0.6) is 0 Å². The molecule has 0 aromatic carbocycles. The van der Waals surface area contributed by atoms with Gasteiger partial charge in [-0.15, -0.1) is 0 Å². The number of rotatable bonds is 4. The van der Waals surface area contributed by atoms with E-state index in [9.17, 15) is 0 Å². The van der Waals surface area contributed by atoms with Crippen LogP contribution in [0, 0.1) is 11.8 Å². The van der Waals surface area contributed by atoms with Gasteiger partial charge in [-0.2, -0.15) is 0 Å². The second kappa shape index (κ2) is 6.02. The minimum Gasteiger partial charge on any atom is -0.377 e. The van der Waals surface area contributed by atoms with Crippen molar-refractivity contribution in [2.45, 2.75) is 64.5 Å². The minimum atomic E-state index is 0.497. The van der Waals surface area contributed by atoms with Crippen LogP contribution in [0.15, 0.2) is 0 Å². The van der Waals surface area contributed by atoms with Crippen LogP contribution in [0.4, 0.5) is 0 Å². The van der Waals surface area contributed by atoms with Crippen LogP contribution in [0.3, 0.4) is 0 Å². The lowest BCUT2D eigenvalue weighted by Gasteiger charge is -2.35. The molecule has 1 N–H and O–H groups in total. The first kappa shape index (κ1) is 12.4. The van der Waals surface area contributed by atoms with Crippen molar-refractivity contribution >= 4 is 0 Å². The first-order valence-electron chi connectivity index (χ1n) is 7.14. The van der Waals surface area contributed by atoms with Crippen LogP contribution >= 0.6 is 0 Å². The van der Waals surface area contributed by atoms with Gasteiger partial charge in [0.05, 0.1) is 6.10 Å². The van der Waals surface area contributed by atoms with Crippen molar-refractivity contribution < 1.29 is 4.74 Å². The van der Waals surface area contributed by atoms with E-state index in [0.29, 0.717) is 6.10 Å². The summed E-state index contributed by atoms with van der Waals surface area (Å²) in [4.78, 5) is 0. The topological polar surface area (TPSA) is 21.3 Å². The van der Waals surface area contributed by atoms with E-state index in [-0.39, 0.29) is 0 Å². The van der Waals surface area contributed by atoms with Crippen molar-refractivity contribution in [2.24, 2.45) is 11.8 Å². The van der Waals surface area contributed by atoms with E-state index in [1.165, 1.54) is 38.5 Å². The fourth-order valence-electron chi connectivity index (χ4n) is 3.31. The highest BCUT2D eigenvalue weighted by molar-refractivity contribution is 4.84. The Hall–Kier alpha value is -0.0800. The van der Waals surface area contributed by atoms with Crippen LogP contribution in [0.25, 0.3) is 0 Å². The molecule has 2 rings (SSSR count). The van der Waals surface area contributed by atoms with Crippen LogP contribution in [-0.4, -0.2) is 25.3 Å². The van der Waals surface area contributed by atoms with Gasteiger partial charge in [0.15, 0.2) is 0 Å². The monoisotopic (exact) mass is 225 g/mol. The molecule has 0 aromatic rings. The summed E-state index contributed by atoms with van der Waals surface area (Å²) in [6.45, 7) is 6.79. The average Bonchev–Trinajstić information content (AvgIpc) is 2.80. The number of ether oxygens (including phenoxy) is 1. The molecule has 1 aliphatic heterocycles. The molecule has 2 nitrogen and oxygen atoms in total. The van der Waals surface area contributed by atoms with Crippen LogP contribution < -0.4 is 5.32 Å². The summed E-state index contributed by atoms with van der Waals surface area (Å²) in [5.41, 5.74) is 0. The second-order valence-corrected chi connectivity index (χ2v) is 5.74. The Morgan fingerprint density at radius 2 is 2.12 bits per heavy atom. The Bertz CT molecular complexity index is 201. The highest BCUT2D eigenvalue weighted by Gasteiger charge is 2.27. The predicted octanol–water partition coefficient (Wildman–Crippen LogP) is 2.97. The Morgan fingerprint density at radius 1 is 1.25 bits per heavy atom. The Labute approximate surface area is 100 Å². The third-order valence-corrected chi connectivity index (χ3v) is 4.40. The molecular weight excluding hydrogens is 198 g/mol. The van der Waals surface area contributed by atoms with E-state index in [2.05, 4.69) is 19.2 Å². The smallest absolute Gasteiger partial charge is 0.0700 e. The van der Waals surface area contributed by atoms with Crippen molar-refractivity contribution in [3.63, 3.8) is 0 Å². The maximum atomic E-state index is 5.67. The van der Waals surface area contributed by atoms with Gasteiger partial charge in [0.2, 0.25) is 0 Å². The first-order valence-corrected chi connectivity index (χ1v) is 7.14. The summed E-state index contributed by atoms with van der Waals surface area (Å²) in [5, 5.41) is 3.76. The molecule has 1 aliphatic carbocycles. The van der Waals surface area contributed by atoms with E-state index < -0.39 is 0 Å². The Morgan fingerprint density at radius 3 is 2.81 bits per heavy atom. The first-order chi connectivity index (χ1) is 7.79. The molecule has 0 aromatic heterocycles. The lowest BCUT2D eigenvalue weighted by atomic mass is 9.77. The third-order valence-electron chi connectivity index (χ3n) is 4.40. The van der Waals surface area contributed by atoms with Gasteiger partial charge in [-0.3, -0.25) is 0 Å². The molecular formula is C14H27NO. The fraction of sp³-hybridized carbons (Fsp3) is 1.00. The SMILES string of the molecule is CCC1CC(C)CCC1NCC1CCCO1. The van der Waals surface area contributed by atoms with E-state index in [1.54, 1.807) is 0 Å². The molecule has 0 bridgehead atoms. The van der Waals surface area contributed by atoms with E-state index in [4.69, 9.17) is 4.74 Å². The summed E-state index contributed by atoms with van der Waals surface area (Å²) in [7, 11) is 0. The van der Waals surface area contributed by atoms with Crippen LogP contribution in [-0.2, 0) is 4.74 Å². The summed E-state index contributed by atoms with van der Waals surface area (Å²) < 4.78 is 5.67. The highest BCUT2D eigenvalue weighted by atomic mass is 16.5. The van der Waals surface area contributed by atoms with Crippen molar-refractivity contribution in [3.8, 4) is 0 Å². The molecule has 2 fully saturated rings. The molecule has 1 heterocycles. The zero-order valence-electron chi connectivity index (χ0n) is 10.9. The molecule has 0 spiro atoms. The maximum absolute atomic E-state index is 5.67. The number of hydrogen-bond donors (Lipinski definition) is 1. The van der Waals surface area contributed by atoms with Gasteiger partial charge < -0.3 is 10.1 Å². The van der Waals surface area contributed by atoms with Gasteiger partial charge in [-0.05, 0) is 43.9 Å².